The van der Waals surface area contributed by atoms with Crippen LogP contribution in [0, 0.1) is 5.92 Å². The van der Waals surface area contributed by atoms with Crippen LogP contribution in [-0.2, 0) is 9.59 Å². The Morgan fingerprint density at radius 3 is 2.67 bits per heavy atom. The summed E-state index contributed by atoms with van der Waals surface area (Å²) in [4.78, 5) is 23.6. The third-order valence-corrected chi connectivity index (χ3v) is 4.40. The molecule has 3 atom stereocenters. The van der Waals surface area contributed by atoms with Gasteiger partial charge < -0.3 is 10.4 Å². The summed E-state index contributed by atoms with van der Waals surface area (Å²) in [5, 5.41) is 12.7. The van der Waals surface area contributed by atoms with Crippen LogP contribution in [0.15, 0.2) is 24.3 Å². The minimum atomic E-state index is -1.19. The topological polar surface area (TPSA) is 66.4 Å². The lowest BCUT2D eigenvalue weighted by atomic mass is 9.96. The van der Waals surface area contributed by atoms with Crippen molar-refractivity contribution >= 4 is 23.5 Å². The molecule has 0 saturated heterocycles. The minimum Gasteiger partial charge on any atom is -0.480 e. The van der Waals surface area contributed by atoms with Gasteiger partial charge in [0.05, 0.1) is 0 Å². The highest BCUT2D eigenvalue weighted by Gasteiger charge is 2.47. The van der Waals surface area contributed by atoms with E-state index in [0.29, 0.717) is 17.9 Å². The predicted octanol–water partition coefficient (Wildman–Crippen LogP) is 3.20. The Morgan fingerprint density at radius 1 is 1.43 bits per heavy atom. The van der Waals surface area contributed by atoms with Gasteiger partial charge in [-0.3, -0.25) is 4.79 Å². The molecule has 1 amide bonds. The largest absolute Gasteiger partial charge is 0.480 e. The highest BCUT2D eigenvalue weighted by Crippen LogP contribution is 2.49. The van der Waals surface area contributed by atoms with Crippen molar-refractivity contribution in [2.45, 2.75) is 44.6 Å². The van der Waals surface area contributed by atoms with Crippen LogP contribution in [-0.4, -0.2) is 22.5 Å². The van der Waals surface area contributed by atoms with E-state index in [0.717, 1.165) is 12.0 Å². The lowest BCUT2D eigenvalue weighted by molar-refractivity contribution is -0.147. The molecule has 3 unspecified atom stereocenters. The zero-order valence-corrected chi connectivity index (χ0v) is 13.0. The van der Waals surface area contributed by atoms with Crippen molar-refractivity contribution in [1.82, 2.24) is 5.32 Å². The molecule has 5 heteroatoms. The molecule has 1 fully saturated rings. The normalized spacial score (nSPS) is 23.2. The van der Waals surface area contributed by atoms with Crippen molar-refractivity contribution in [3.05, 3.63) is 34.9 Å². The highest BCUT2D eigenvalue weighted by molar-refractivity contribution is 6.31. The average Bonchev–Trinajstić information content (AvgIpc) is 3.19. The summed E-state index contributed by atoms with van der Waals surface area (Å²) < 4.78 is 0. The fraction of sp³-hybridized carbons (Fsp3) is 0.500. The summed E-state index contributed by atoms with van der Waals surface area (Å²) in [6, 6.07) is 7.48. The Labute approximate surface area is 129 Å². The number of carboxylic acids is 1. The van der Waals surface area contributed by atoms with Crippen molar-refractivity contribution in [1.29, 1.82) is 0 Å². The molecule has 0 aliphatic heterocycles. The molecule has 1 saturated carbocycles. The molecule has 1 aliphatic carbocycles. The predicted molar refractivity (Wildman–Crippen MR) is 81.4 cm³/mol. The van der Waals surface area contributed by atoms with Gasteiger partial charge in [-0.25, -0.2) is 4.79 Å². The summed E-state index contributed by atoms with van der Waals surface area (Å²) in [6.07, 6.45) is 1.83. The van der Waals surface area contributed by atoms with Crippen LogP contribution in [0.4, 0.5) is 0 Å². The highest BCUT2D eigenvalue weighted by atomic mass is 35.5. The Balaban J connectivity index is 2.03. The van der Waals surface area contributed by atoms with Crippen molar-refractivity contribution < 1.29 is 14.7 Å². The number of aliphatic carboxylic acids is 1. The van der Waals surface area contributed by atoms with Crippen LogP contribution in [0.3, 0.4) is 0 Å². The summed E-state index contributed by atoms with van der Waals surface area (Å²) in [5.74, 6) is -1.27. The van der Waals surface area contributed by atoms with E-state index in [-0.39, 0.29) is 17.7 Å². The number of rotatable bonds is 6. The molecule has 2 N–H and O–H groups in total. The monoisotopic (exact) mass is 309 g/mol. The number of carbonyl (C=O) groups is 2. The fourth-order valence-corrected chi connectivity index (χ4v) is 2.97. The first kappa shape index (κ1) is 15.8. The van der Waals surface area contributed by atoms with E-state index < -0.39 is 11.5 Å². The SMILES string of the molecule is CCCC(C)(NC(=O)C1CC1c1ccccc1Cl)C(=O)O. The maximum atomic E-state index is 12.3. The zero-order valence-electron chi connectivity index (χ0n) is 12.2. The summed E-state index contributed by atoms with van der Waals surface area (Å²) >= 11 is 6.14. The number of amides is 1. The first-order valence-electron chi connectivity index (χ1n) is 7.19. The summed E-state index contributed by atoms with van der Waals surface area (Å²) in [6.45, 7) is 3.46. The molecule has 0 aromatic heterocycles. The van der Waals surface area contributed by atoms with Gasteiger partial charge in [-0.1, -0.05) is 43.1 Å². The first-order chi connectivity index (χ1) is 9.89. The van der Waals surface area contributed by atoms with Gasteiger partial charge in [-0.05, 0) is 37.3 Å². The van der Waals surface area contributed by atoms with E-state index in [4.69, 9.17) is 11.6 Å². The molecular weight excluding hydrogens is 290 g/mol. The quantitative estimate of drug-likeness (QED) is 0.848. The van der Waals surface area contributed by atoms with E-state index in [9.17, 15) is 14.7 Å². The summed E-state index contributed by atoms with van der Waals surface area (Å²) in [7, 11) is 0. The maximum Gasteiger partial charge on any atom is 0.329 e. The van der Waals surface area contributed by atoms with Crippen molar-refractivity contribution in [2.24, 2.45) is 5.92 Å². The molecule has 1 aromatic carbocycles. The molecule has 0 heterocycles. The van der Waals surface area contributed by atoms with E-state index in [2.05, 4.69) is 5.32 Å². The van der Waals surface area contributed by atoms with Gasteiger partial charge in [0, 0.05) is 10.9 Å². The lowest BCUT2D eigenvalue weighted by Gasteiger charge is -2.25. The van der Waals surface area contributed by atoms with Gasteiger partial charge in [-0.2, -0.15) is 0 Å². The molecule has 1 aromatic rings. The zero-order chi connectivity index (χ0) is 15.6. The molecule has 114 valence electrons. The second-order valence-electron chi connectivity index (χ2n) is 5.85. The summed E-state index contributed by atoms with van der Waals surface area (Å²) in [5.41, 5.74) is -0.230. The Hall–Kier alpha value is -1.55. The van der Waals surface area contributed by atoms with Crippen molar-refractivity contribution in [3.63, 3.8) is 0 Å². The smallest absolute Gasteiger partial charge is 0.329 e. The van der Waals surface area contributed by atoms with Crippen LogP contribution >= 0.6 is 11.6 Å². The van der Waals surface area contributed by atoms with Crippen LogP contribution in [0.1, 0.15) is 44.6 Å². The number of carbonyl (C=O) groups excluding carboxylic acids is 1. The van der Waals surface area contributed by atoms with Crippen LogP contribution in [0.5, 0.6) is 0 Å². The number of carboxylic acid groups (broad SMARTS) is 1. The molecule has 1 aliphatic rings. The molecule has 0 spiro atoms. The standard InChI is InChI=1S/C16H20ClNO3/c1-3-8-16(2,15(20)21)18-14(19)12-9-11(12)10-6-4-5-7-13(10)17/h4-7,11-12H,3,8-9H2,1-2H3,(H,18,19)(H,20,21). The van der Waals surface area contributed by atoms with E-state index in [1.54, 1.807) is 6.92 Å². The molecular formula is C16H20ClNO3. The van der Waals surface area contributed by atoms with E-state index >= 15 is 0 Å². The van der Waals surface area contributed by atoms with Crippen LogP contribution < -0.4 is 5.32 Å². The lowest BCUT2D eigenvalue weighted by Crippen LogP contribution is -2.52. The third kappa shape index (κ3) is 3.38. The van der Waals surface area contributed by atoms with Gasteiger partial charge in [0.2, 0.25) is 5.91 Å². The number of benzene rings is 1. The third-order valence-electron chi connectivity index (χ3n) is 4.05. The Bertz CT molecular complexity index is 560. The Morgan fingerprint density at radius 2 is 2.10 bits per heavy atom. The number of nitrogens with one attached hydrogen (secondary N) is 1. The number of hydrogen-bond donors (Lipinski definition) is 2. The number of hydrogen-bond acceptors (Lipinski definition) is 2. The first-order valence-corrected chi connectivity index (χ1v) is 7.56. The van der Waals surface area contributed by atoms with Gasteiger partial charge in [0.1, 0.15) is 5.54 Å². The van der Waals surface area contributed by atoms with Gasteiger partial charge in [0.15, 0.2) is 0 Å². The molecule has 0 bridgehead atoms. The van der Waals surface area contributed by atoms with Gasteiger partial charge in [-0.15, -0.1) is 0 Å². The van der Waals surface area contributed by atoms with E-state index in [1.807, 2.05) is 31.2 Å². The van der Waals surface area contributed by atoms with Crippen molar-refractivity contribution in [2.75, 3.05) is 0 Å². The fourth-order valence-electron chi connectivity index (χ4n) is 2.69. The minimum absolute atomic E-state index is 0.0957. The maximum absolute atomic E-state index is 12.3. The molecule has 4 nitrogen and oxygen atoms in total. The second kappa shape index (κ2) is 6.06. The van der Waals surface area contributed by atoms with Crippen molar-refractivity contribution in [3.8, 4) is 0 Å². The average molecular weight is 310 g/mol. The van der Waals surface area contributed by atoms with Crippen LogP contribution in [0.2, 0.25) is 5.02 Å². The van der Waals surface area contributed by atoms with Gasteiger partial charge >= 0.3 is 5.97 Å². The molecule has 0 radical (unpaired) electrons. The van der Waals surface area contributed by atoms with E-state index in [1.165, 1.54) is 0 Å². The van der Waals surface area contributed by atoms with Gasteiger partial charge in [0.25, 0.3) is 0 Å². The second-order valence-corrected chi connectivity index (χ2v) is 6.25. The molecule has 21 heavy (non-hydrogen) atoms. The Kier molecular flexibility index (Phi) is 4.57. The van der Waals surface area contributed by atoms with Crippen LogP contribution in [0.25, 0.3) is 0 Å². The molecule has 2 rings (SSSR count). The number of halogens is 1.